The predicted octanol–water partition coefficient (Wildman–Crippen LogP) is 9.10. The minimum atomic E-state index is -5.45. The first-order valence-corrected chi connectivity index (χ1v) is 28.1. The second-order valence-electron chi connectivity index (χ2n) is 17.3. The molecular weight excluding hydrogens is 961 g/mol. The van der Waals surface area contributed by atoms with E-state index in [0.717, 1.165) is 87.8 Å². The smallest absolute Gasteiger partial charge is 0.462 e. The summed E-state index contributed by atoms with van der Waals surface area (Å²) in [6.07, 6.45) is 35.8. The Morgan fingerprint density at radius 2 is 1.27 bits per heavy atom. The Bertz CT molecular complexity index is 2040. The number of nitrogens with two attached hydrogens (primary N) is 1. The molecule has 2 saturated heterocycles. The number of esters is 2. The lowest BCUT2D eigenvalue weighted by molar-refractivity contribution is -0.161. The van der Waals surface area contributed by atoms with Gasteiger partial charge in [-0.3, -0.25) is 23.2 Å². The molecule has 1 aromatic rings. The largest absolute Gasteiger partial charge is 0.481 e. The van der Waals surface area contributed by atoms with Crippen molar-refractivity contribution in [3.8, 4) is 0 Å². The Kier molecular flexibility index (Phi) is 30.6. The molecule has 0 saturated carbocycles. The standard InChI is InChI=1S/C50H79N3O16P2/c1-3-5-7-9-11-13-14-15-16-17-18-20-22-24-29-33-45(54)63-37-40(66-46(55)34-30-26-25-28-32-42-41(67-42)31-27-23-21-19-12-10-8-6-4-2)38-64-70(59,60)69-71(61,62)65-39-43-47(56)48(57)49(68-43)53-36-35-44(51)52-50(53)58/h5,7,11-13,15-16,19,23,25,27-28,35-36,40-43,47-49,56-57H,3-4,6,8-10,14,17-18,20-22,24,26,29-34,37-39H2,1-2H3,(H,59,60)(H,61,62)(H2,51,52,58)/b7-5-,13-11-,16-15-,19-12-,27-23-,28-25-/t40-,41?,42?,43-,47-,48-,49-/m1/s1. The van der Waals surface area contributed by atoms with Gasteiger partial charge in [0.05, 0.1) is 25.4 Å². The highest BCUT2D eigenvalue weighted by molar-refractivity contribution is 7.61. The van der Waals surface area contributed by atoms with E-state index in [1.165, 1.54) is 25.3 Å². The summed E-state index contributed by atoms with van der Waals surface area (Å²) in [4.78, 5) is 61.9. The van der Waals surface area contributed by atoms with E-state index in [-0.39, 0.29) is 30.9 Å². The average molecular weight is 1040 g/mol. The van der Waals surface area contributed by atoms with Gasteiger partial charge in [0.2, 0.25) is 0 Å². The lowest BCUT2D eigenvalue weighted by Crippen LogP contribution is -2.36. The van der Waals surface area contributed by atoms with Crippen LogP contribution in [0, 0.1) is 0 Å². The number of carbonyl (C=O) groups is 2. The number of hydrogen-bond donors (Lipinski definition) is 5. The molecule has 9 atom stereocenters. The van der Waals surface area contributed by atoms with Crippen LogP contribution in [0.2, 0.25) is 0 Å². The number of aliphatic hydroxyl groups excluding tert-OH is 2. The summed E-state index contributed by atoms with van der Waals surface area (Å²) in [5, 5.41) is 20.9. The highest BCUT2D eigenvalue weighted by Crippen LogP contribution is 2.60. The third kappa shape index (κ3) is 27.7. The number of nitrogens with zero attached hydrogens (tertiary/aromatic N) is 2. The molecule has 2 aliphatic rings. The van der Waals surface area contributed by atoms with Gasteiger partial charge in [0.15, 0.2) is 12.3 Å². The molecule has 19 nitrogen and oxygen atoms in total. The van der Waals surface area contributed by atoms with Gasteiger partial charge < -0.3 is 44.7 Å². The Morgan fingerprint density at radius 1 is 0.704 bits per heavy atom. The summed E-state index contributed by atoms with van der Waals surface area (Å²) in [7, 11) is -10.9. The number of phosphoric ester groups is 2. The van der Waals surface area contributed by atoms with Crippen LogP contribution in [0.4, 0.5) is 5.82 Å². The number of epoxide rings is 1. The molecule has 71 heavy (non-hydrogen) atoms. The van der Waals surface area contributed by atoms with Gasteiger partial charge in [-0.25, -0.2) is 13.9 Å². The van der Waals surface area contributed by atoms with E-state index >= 15 is 0 Å². The highest BCUT2D eigenvalue weighted by Gasteiger charge is 2.46. The molecule has 0 radical (unpaired) electrons. The molecule has 0 aromatic carbocycles. The molecule has 0 bridgehead atoms. The molecule has 0 amide bonds. The highest BCUT2D eigenvalue weighted by atomic mass is 31.3. The number of nitrogen functional groups attached to an aromatic ring is 1. The van der Waals surface area contributed by atoms with Crippen molar-refractivity contribution in [1.29, 1.82) is 0 Å². The first kappa shape index (κ1) is 61.5. The molecule has 1 aromatic heterocycles. The number of rotatable bonds is 39. The third-order valence-corrected chi connectivity index (χ3v) is 13.8. The number of allylic oxidation sites excluding steroid dienone is 10. The number of phosphoric acid groups is 2. The van der Waals surface area contributed by atoms with E-state index < -0.39 is 83.7 Å². The zero-order valence-electron chi connectivity index (χ0n) is 41.4. The van der Waals surface area contributed by atoms with E-state index in [1.807, 2.05) is 12.2 Å². The normalized spacial score (nSPS) is 22.6. The van der Waals surface area contributed by atoms with Gasteiger partial charge >= 0.3 is 33.3 Å². The lowest BCUT2D eigenvalue weighted by atomic mass is 10.1. The number of carbonyl (C=O) groups excluding carboxylic acids is 2. The van der Waals surface area contributed by atoms with Crippen molar-refractivity contribution < 1.29 is 71.0 Å². The fourth-order valence-electron chi connectivity index (χ4n) is 7.18. The van der Waals surface area contributed by atoms with E-state index in [1.54, 1.807) is 0 Å². The Labute approximate surface area is 419 Å². The number of ether oxygens (including phenoxy) is 4. The van der Waals surface area contributed by atoms with Crippen molar-refractivity contribution in [3.63, 3.8) is 0 Å². The molecule has 3 rings (SSSR count). The number of aliphatic hydroxyl groups is 2. The lowest BCUT2D eigenvalue weighted by Gasteiger charge is -2.21. The van der Waals surface area contributed by atoms with Crippen LogP contribution in [-0.2, 0) is 51.0 Å². The average Bonchev–Trinajstić information content (AvgIpc) is 4.02. The number of hydrogen-bond acceptors (Lipinski definition) is 16. The summed E-state index contributed by atoms with van der Waals surface area (Å²) >= 11 is 0. The van der Waals surface area contributed by atoms with E-state index in [9.17, 15) is 43.5 Å². The SMILES string of the molecule is CC/C=C\C/C=C\C/C=C\CCCCCCCC(=O)OC[C@H](COP(=O)(O)OP(=O)(O)OC[C@H]1O[C@@H](n2ccc(N)nc2=O)[C@H](O)[C@@H]1O)OC(=O)CCC/C=C\CC1OC1C/C=C\C/C=C\CCCCC. The molecule has 3 heterocycles. The van der Waals surface area contributed by atoms with E-state index in [2.05, 4.69) is 83.9 Å². The van der Waals surface area contributed by atoms with E-state index in [0.29, 0.717) is 19.3 Å². The van der Waals surface area contributed by atoms with Crippen molar-refractivity contribution in [2.75, 3.05) is 25.6 Å². The maximum Gasteiger partial charge on any atom is 0.481 e. The van der Waals surface area contributed by atoms with Crippen LogP contribution in [0.3, 0.4) is 0 Å². The quantitative estimate of drug-likeness (QED) is 0.0135. The van der Waals surface area contributed by atoms with Crippen LogP contribution < -0.4 is 11.4 Å². The van der Waals surface area contributed by atoms with Crippen LogP contribution in [0.25, 0.3) is 0 Å². The maximum absolute atomic E-state index is 12.9. The summed E-state index contributed by atoms with van der Waals surface area (Å²) in [6, 6.07) is 1.24. The minimum absolute atomic E-state index is 0.0416. The first-order chi connectivity index (χ1) is 34.1. The zero-order valence-corrected chi connectivity index (χ0v) is 43.2. The molecule has 0 aliphatic carbocycles. The Morgan fingerprint density at radius 3 is 1.94 bits per heavy atom. The molecular formula is C50H79N3O16P2. The van der Waals surface area contributed by atoms with Gasteiger partial charge in [-0.15, -0.1) is 0 Å². The summed E-state index contributed by atoms with van der Waals surface area (Å²) in [6.45, 7) is 1.92. The monoisotopic (exact) mass is 1040 g/mol. The molecule has 4 unspecified atom stereocenters. The molecule has 0 spiro atoms. The summed E-state index contributed by atoms with van der Waals surface area (Å²) in [5.41, 5.74) is 4.58. The van der Waals surface area contributed by atoms with Crippen molar-refractivity contribution in [2.45, 2.75) is 185 Å². The van der Waals surface area contributed by atoms with Crippen molar-refractivity contribution in [3.05, 3.63) is 95.7 Å². The molecule has 6 N–H and O–H groups in total. The van der Waals surface area contributed by atoms with Gasteiger partial charge in [0.25, 0.3) is 0 Å². The summed E-state index contributed by atoms with van der Waals surface area (Å²) < 4.78 is 62.5. The third-order valence-electron chi connectivity index (χ3n) is 11.2. The van der Waals surface area contributed by atoms with Crippen LogP contribution in [0.5, 0.6) is 0 Å². The minimum Gasteiger partial charge on any atom is -0.462 e. The fourth-order valence-corrected chi connectivity index (χ4v) is 9.29. The van der Waals surface area contributed by atoms with Gasteiger partial charge in [0, 0.05) is 19.0 Å². The van der Waals surface area contributed by atoms with Crippen molar-refractivity contribution in [1.82, 2.24) is 9.55 Å². The first-order valence-electron chi connectivity index (χ1n) is 25.1. The van der Waals surface area contributed by atoms with Crippen LogP contribution in [0.15, 0.2) is 90.0 Å². The summed E-state index contributed by atoms with van der Waals surface area (Å²) in [5.74, 6) is -1.40. The van der Waals surface area contributed by atoms with E-state index in [4.69, 9.17) is 33.7 Å². The van der Waals surface area contributed by atoms with Gasteiger partial charge in [0.1, 0.15) is 30.7 Å². The maximum atomic E-state index is 12.9. The van der Waals surface area contributed by atoms with Gasteiger partial charge in [-0.05, 0) is 89.5 Å². The Balaban J connectivity index is 1.43. The van der Waals surface area contributed by atoms with Crippen LogP contribution in [0.1, 0.15) is 148 Å². The Hall–Kier alpha value is -3.84. The van der Waals surface area contributed by atoms with Crippen LogP contribution in [-0.4, -0.2) is 97.9 Å². The second-order valence-corrected chi connectivity index (χ2v) is 20.4. The van der Waals surface area contributed by atoms with Crippen molar-refractivity contribution in [2.24, 2.45) is 0 Å². The van der Waals surface area contributed by atoms with Gasteiger partial charge in [-0.2, -0.15) is 9.29 Å². The number of aromatic nitrogens is 2. The molecule has 400 valence electrons. The number of unbranched alkanes of at least 4 members (excludes halogenated alkanes) is 9. The molecule has 2 fully saturated rings. The topological polar surface area (TPSA) is 278 Å². The van der Waals surface area contributed by atoms with Crippen LogP contribution >= 0.6 is 15.6 Å². The second kappa shape index (κ2) is 35.3. The fraction of sp³-hybridized carbons (Fsp3) is 0.640. The predicted molar refractivity (Wildman–Crippen MR) is 270 cm³/mol. The molecule has 2 aliphatic heterocycles. The molecule has 21 heteroatoms. The van der Waals surface area contributed by atoms with Crippen molar-refractivity contribution >= 4 is 33.4 Å². The number of anilines is 1. The van der Waals surface area contributed by atoms with Gasteiger partial charge in [-0.1, -0.05) is 119 Å². The zero-order chi connectivity index (χ0) is 51.7.